The van der Waals surface area contributed by atoms with Crippen molar-refractivity contribution in [2.24, 2.45) is 17.8 Å². The smallest absolute Gasteiger partial charge is 0.242 e. The molecule has 0 bridgehead atoms. The monoisotopic (exact) mass is 312 g/mol. The maximum atomic E-state index is 12.5. The van der Waals surface area contributed by atoms with E-state index in [9.17, 15) is 9.59 Å². The Labute approximate surface area is 134 Å². The van der Waals surface area contributed by atoms with Crippen LogP contribution < -0.4 is 10.6 Å². The Hall–Kier alpha value is -1.10. The molecular formula is C17H32N2O3. The van der Waals surface area contributed by atoms with Crippen molar-refractivity contribution in [2.75, 3.05) is 20.3 Å². The molecule has 0 aromatic carbocycles. The van der Waals surface area contributed by atoms with Gasteiger partial charge in [0, 0.05) is 26.2 Å². The maximum absolute atomic E-state index is 12.5. The molecule has 2 N–H and O–H groups in total. The number of methoxy groups -OCH3 is 1. The summed E-state index contributed by atoms with van der Waals surface area (Å²) in [6.07, 6.45) is 5.14. The zero-order chi connectivity index (χ0) is 16.5. The highest BCUT2D eigenvalue weighted by Crippen LogP contribution is 2.29. The quantitative estimate of drug-likeness (QED) is 0.675. The molecule has 2 amide bonds. The van der Waals surface area contributed by atoms with Crippen molar-refractivity contribution >= 4 is 11.8 Å². The Bertz CT molecular complexity index is 358. The molecule has 0 heterocycles. The lowest BCUT2D eigenvalue weighted by Crippen LogP contribution is -2.52. The molecule has 0 aromatic heterocycles. The number of carbonyl (C=O) groups is 2. The molecule has 0 aromatic rings. The summed E-state index contributed by atoms with van der Waals surface area (Å²) < 4.78 is 4.97. The van der Waals surface area contributed by atoms with E-state index in [1.54, 1.807) is 7.11 Å². The van der Waals surface area contributed by atoms with Crippen LogP contribution in [0.3, 0.4) is 0 Å². The largest absolute Gasteiger partial charge is 0.385 e. The van der Waals surface area contributed by atoms with Gasteiger partial charge in [0.2, 0.25) is 11.8 Å². The van der Waals surface area contributed by atoms with Crippen LogP contribution >= 0.6 is 0 Å². The Kier molecular flexibility index (Phi) is 8.46. The number of ether oxygens (including phenoxy) is 1. The molecule has 1 saturated carbocycles. The van der Waals surface area contributed by atoms with Gasteiger partial charge >= 0.3 is 0 Å². The van der Waals surface area contributed by atoms with Gasteiger partial charge in [0.1, 0.15) is 6.04 Å². The number of amides is 2. The number of hydrogen-bond donors (Lipinski definition) is 2. The fraction of sp³-hybridized carbons (Fsp3) is 0.882. The second kappa shape index (κ2) is 9.82. The number of nitrogens with one attached hydrogen (secondary N) is 2. The molecule has 1 aliphatic carbocycles. The van der Waals surface area contributed by atoms with E-state index < -0.39 is 6.04 Å². The second-order valence-corrected chi connectivity index (χ2v) is 6.74. The molecule has 1 aliphatic rings. The normalized spacial score (nSPS) is 23.1. The minimum atomic E-state index is -0.454. The van der Waals surface area contributed by atoms with E-state index in [4.69, 9.17) is 4.74 Å². The van der Waals surface area contributed by atoms with Gasteiger partial charge in [-0.25, -0.2) is 0 Å². The molecule has 128 valence electrons. The highest BCUT2D eigenvalue weighted by molar-refractivity contribution is 5.88. The molecule has 1 fully saturated rings. The summed E-state index contributed by atoms with van der Waals surface area (Å²) >= 11 is 0. The SMILES string of the molecule is COCCCNC(=O)[C@@H](NC(=O)[C@H]1CCCC[C@H]1C)C(C)C. The zero-order valence-electron chi connectivity index (χ0n) is 14.5. The van der Waals surface area contributed by atoms with Gasteiger partial charge in [-0.3, -0.25) is 9.59 Å². The predicted molar refractivity (Wildman–Crippen MR) is 87.4 cm³/mol. The standard InChI is InChI=1S/C17H32N2O3/c1-12(2)15(17(21)18-10-7-11-22-4)19-16(20)14-9-6-5-8-13(14)3/h12-15H,5-11H2,1-4H3,(H,18,21)(H,19,20)/t13-,14+,15+/m1/s1. The van der Waals surface area contributed by atoms with Gasteiger partial charge in [-0.05, 0) is 31.1 Å². The van der Waals surface area contributed by atoms with Crippen LogP contribution in [0.5, 0.6) is 0 Å². The van der Waals surface area contributed by atoms with Crippen molar-refractivity contribution in [3.05, 3.63) is 0 Å². The van der Waals surface area contributed by atoms with Crippen LogP contribution in [0.25, 0.3) is 0 Å². The molecule has 1 rings (SSSR count). The van der Waals surface area contributed by atoms with E-state index in [1.807, 2.05) is 13.8 Å². The third kappa shape index (κ3) is 5.95. The topological polar surface area (TPSA) is 67.4 Å². The molecular weight excluding hydrogens is 280 g/mol. The van der Waals surface area contributed by atoms with Gasteiger partial charge in [0.05, 0.1) is 0 Å². The lowest BCUT2D eigenvalue weighted by atomic mass is 9.79. The molecule has 0 aliphatic heterocycles. The summed E-state index contributed by atoms with van der Waals surface area (Å²) in [7, 11) is 1.64. The lowest BCUT2D eigenvalue weighted by Gasteiger charge is -2.30. The van der Waals surface area contributed by atoms with Gasteiger partial charge in [0.25, 0.3) is 0 Å². The van der Waals surface area contributed by atoms with Crippen LogP contribution in [0.15, 0.2) is 0 Å². The number of hydrogen-bond acceptors (Lipinski definition) is 3. The van der Waals surface area contributed by atoms with Crippen molar-refractivity contribution < 1.29 is 14.3 Å². The van der Waals surface area contributed by atoms with Crippen LogP contribution in [0.1, 0.15) is 52.9 Å². The van der Waals surface area contributed by atoms with Gasteiger partial charge in [-0.15, -0.1) is 0 Å². The molecule has 5 heteroatoms. The second-order valence-electron chi connectivity index (χ2n) is 6.74. The lowest BCUT2D eigenvalue weighted by molar-refractivity contribution is -0.133. The first-order chi connectivity index (χ1) is 10.5. The highest BCUT2D eigenvalue weighted by Gasteiger charge is 2.31. The molecule has 0 unspecified atom stereocenters. The predicted octanol–water partition coefficient (Wildman–Crippen LogP) is 2.11. The molecule has 3 atom stereocenters. The van der Waals surface area contributed by atoms with E-state index in [-0.39, 0.29) is 23.7 Å². The van der Waals surface area contributed by atoms with Crippen molar-refractivity contribution in [1.82, 2.24) is 10.6 Å². The Morgan fingerprint density at radius 1 is 1.23 bits per heavy atom. The van der Waals surface area contributed by atoms with E-state index in [2.05, 4.69) is 17.6 Å². The zero-order valence-corrected chi connectivity index (χ0v) is 14.5. The van der Waals surface area contributed by atoms with E-state index in [1.165, 1.54) is 6.42 Å². The van der Waals surface area contributed by atoms with Gasteiger partial charge < -0.3 is 15.4 Å². The average molecular weight is 312 g/mol. The summed E-state index contributed by atoms with van der Waals surface area (Å²) in [5.74, 6) is 0.480. The molecule has 0 radical (unpaired) electrons. The average Bonchev–Trinajstić information content (AvgIpc) is 2.49. The summed E-state index contributed by atoms with van der Waals surface area (Å²) in [5, 5.41) is 5.86. The summed E-state index contributed by atoms with van der Waals surface area (Å²) in [5.41, 5.74) is 0. The highest BCUT2D eigenvalue weighted by atomic mass is 16.5. The Morgan fingerprint density at radius 2 is 1.91 bits per heavy atom. The first kappa shape index (κ1) is 18.9. The third-order valence-corrected chi connectivity index (χ3v) is 4.52. The number of rotatable bonds is 8. The van der Waals surface area contributed by atoms with Crippen molar-refractivity contribution in [3.8, 4) is 0 Å². The first-order valence-electron chi connectivity index (χ1n) is 8.54. The van der Waals surface area contributed by atoms with Crippen LogP contribution in [0.4, 0.5) is 0 Å². The van der Waals surface area contributed by atoms with Crippen LogP contribution in [-0.2, 0) is 14.3 Å². The van der Waals surface area contributed by atoms with Gasteiger partial charge in [0.15, 0.2) is 0 Å². The van der Waals surface area contributed by atoms with E-state index >= 15 is 0 Å². The van der Waals surface area contributed by atoms with Crippen LogP contribution in [-0.4, -0.2) is 38.1 Å². The summed E-state index contributed by atoms with van der Waals surface area (Å²) in [6.45, 7) is 7.26. The third-order valence-electron chi connectivity index (χ3n) is 4.52. The summed E-state index contributed by atoms with van der Waals surface area (Å²) in [6, 6.07) is -0.454. The minimum Gasteiger partial charge on any atom is -0.385 e. The fourth-order valence-electron chi connectivity index (χ4n) is 3.04. The first-order valence-corrected chi connectivity index (χ1v) is 8.54. The van der Waals surface area contributed by atoms with Crippen molar-refractivity contribution in [2.45, 2.75) is 58.9 Å². The molecule has 22 heavy (non-hydrogen) atoms. The number of carbonyl (C=O) groups excluding carboxylic acids is 2. The Morgan fingerprint density at radius 3 is 2.50 bits per heavy atom. The van der Waals surface area contributed by atoms with Gasteiger partial charge in [-0.1, -0.05) is 33.6 Å². The molecule has 5 nitrogen and oxygen atoms in total. The minimum absolute atomic E-state index is 0.0398. The van der Waals surface area contributed by atoms with Crippen molar-refractivity contribution in [1.29, 1.82) is 0 Å². The van der Waals surface area contributed by atoms with E-state index in [0.717, 1.165) is 25.7 Å². The molecule has 0 saturated heterocycles. The molecule has 0 spiro atoms. The van der Waals surface area contributed by atoms with Crippen LogP contribution in [0, 0.1) is 17.8 Å². The van der Waals surface area contributed by atoms with Gasteiger partial charge in [-0.2, -0.15) is 0 Å². The Balaban J connectivity index is 2.51. The van der Waals surface area contributed by atoms with E-state index in [0.29, 0.717) is 19.1 Å². The van der Waals surface area contributed by atoms with Crippen LogP contribution in [0.2, 0.25) is 0 Å². The summed E-state index contributed by atoms with van der Waals surface area (Å²) in [4.78, 5) is 24.8. The maximum Gasteiger partial charge on any atom is 0.242 e. The fourth-order valence-corrected chi connectivity index (χ4v) is 3.04. The van der Waals surface area contributed by atoms with Crippen molar-refractivity contribution in [3.63, 3.8) is 0 Å².